The summed E-state index contributed by atoms with van der Waals surface area (Å²) in [7, 11) is 1.57. The third kappa shape index (κ3) is 2.96. The second kappa shape index (κ2) is 6.22. The van der Waals surface area contributed by atoms with Gasteiger partial charge in [0, 0.05) is 0 Å². The molecule has 3 rings (SSSR count). The number of hydrogen-bond acceptors (Lipinski definition) is 3. The first kappa shape index (κ1) is 15.2. The summed E-state index contributed by atoms with van der Waals surface area (Å²) in [6, 6.07) is 15.2. The number of nitrogens with one attached hydrogen (secondary N) is 1. The minimum Gasteiger partial charge on any atom is -0.495 e. The van der Waals surface area contributed by atoms with E-state index in [0.29, 0.717) is 22.2 Å². The summed E-state index contributed by atoms with van der Waals surface area (Å²) in [6.07, 6.45) is 1.80. The lowest BCUT2D eigenvalue weighted by Crippen LogP contribution is -2.30. The van der Waals surface area contributed by atoms with Crippen LogP contribution >= 0.6 is 12.2 Å². The molecule has 1 saturated heterocycles. The molecule has 0 bridgehead atoms. The lowest BCUT2D eigenvalue weighted by molar-refractivity contribution is -0.113. The number of nitrogens with zero attached hydrogens (tertiary/aromatic N) is 1. The molecule has 2 aromatic carbocycles. The highest BCUT2D eigenvalue weighted by Crippen LogP contribution is 2.31. The van der Waals surface area contributed by atoms with Gasteiger partial charge in [0.1, 0.15) is 11.4 Å². The fraction of sp³-hybridized carbons (Fsp3) is 0.111. The van der Waals surface area contributed by atoms with Gasteiger partial charge < -0.3 is 10.1 Å². The molecular formula is C18H16N2O2S. The van der Waals surface area contributed by atoms with Crippen molar-refractivity contribution in [1.29, 1.82) is 0 Å². The normalized spacial score (nSPS) is 15.9. The highest BCUT2D eigenvalue weighted by atomic mass is 32.1. The van der Waals surface area contributed by atoms with E-state index in [4.69, 9.17) is 17.0 Å². The molecule has 2 aromatic rings. The number of ether oxygens (including phenoxy) is 1. The molecule has 116 valence electrons. The second-order valence-electron chi connectivity index (χ2n) is 5.21. The zero-order valence-corrected chi connectivity index (χ0v) is 13.7. The SMILES string of the molecule is COc1ccccc1N1C(=O)C(=Cc2cccc(C)c2)NC1=S. The maximum atomic E-state index is 12.7. The zero-order valence-electron chi connectivity index (χ0n) is 12.9. The van der Waals surface area contributed by atoms with E-state index in [-0.39, 0.29) is 5.91 Å². The van der Waals surface area contributed by atoms with Crippen LogP contribution in [0.25, 0.3) is 6.08 Å². The van der Waals surface area contributed by atoms with Crippen molar-refractivity contribution in [3.63, 3.8) is 0 Å². The molecule has 4 nitrogen and oxygen atoms in total. The van der Waals surface area contributed by atoms with Crippen LogP contribution in [0.4, 0.5) is 5.69 Å². The van der Waals surface area contributed by atoms with E-state index < -0.39 is 0 Å². The van der Waals surface area contributed by atoms with Crippen molar-refractivity contribution < 1.29 is 9.53 Å². The van der Waals surface area contributed by atoms with Crippen LogP contribution in [0.2, 0.25) is 0 Å². The number of rotatable bonds is 3. The number of para-hydroxylation sites is 2. The van der Waals surface area contributed by atoms with E-state index in [9.17, 15) is 4.79 Å². The lowest BCUT2D eigenvalue weighted by atomic mass is 10.1. The molecule has 0 radical (unpaired) electrons. The Morgan fingerprint density at radius 1 is 1.17 bits per heavy atom. The number of anilines is 1. The molecule has 0 saturated carbocycles. The van der Waals surface area contributed by atoms with E-state index >= 15 is 0 Å². The molecule has 0 unspecified atom stereocenters. The molecule has 0 atom stereocenters. The van der Waals surface area contributed by atoms with Crippen LogP contribution in [-0.2, 0) is 4.79 Å². The summed E-state index contributed by atoms with van der Waals surface area (Å²) in [4.78, 5) is 14.2. The fourth-order valence-corrected chi connectivity index (χ4v) is 2.79. The van der Waals surface area contributed by atoms with E-state index in [2.05, 4.69) is 5.32 Å². The third-order valence-corrected chi connectivity index (χ3v) is 3.84. The highest BCUT2D eigenvalue weighted by molar-refractivity contribution is 7.80. The van der Waals surface area contributed by atoms with Crippen molar-refractivity contribution in [2.45, 2.75) is 6.92 Å². The largest absolute Gasteiger partial charge is 0.495 e. The van der Waals surface area contributed by atoms with Gasteiger partial charge in [-0.05, 0) is 42.9 Å². The standard InChI is InChI=1S/C18H16N2O2S/c1-12-6-5-7-13(10-12)11-14-17(21)20(18(23)19-14)15-8-3-4-9-16(15)22-2/h3-11H,1-2H3,(H,19,23). The zero-order chi connectivity index (χ0) is 16.4. The molecule has 1 amide bonds. The smallest absolute Gasteiger partial charge is 0.281 e. The van der Waals surface area contributed by atoms with Gasteiger partial charge in [0.2, 0.25) is 0 Å². The van der Waals surface area contributed by atoms with E-state index in [0.717, 1.165) is 11.1 Å². The van der Waals surface area contributed by atoms with Gasteiger partial charge in [-0.15, -0.1) is 0 Å². The number of methoxy groups -OCH3 is 1. The summed E-state index contributed by atoms with van der Waals surface area (Å²) in [5.74, 6) is 0.405. The first-order valence-corrected chi connectivity index (χ1v) is 7.58. The Morgan fingerprint density at radius 2 is 1.96 bits per heavy atom. The lowest BCUT2D eigenvalue weighted by Gasteiger charge is -2.17. The maximum absolute atomic E-state index is 12.7. The Hall–Kier alpha value is -2.66. The number of carbonyl (C=O) groups excluding carboxylic acids is 1. The van der Waals surface area contributed by atoms with Crippen LogP contribution in [0.3, 0.4) is 0 Å². The summed E-state index contributed by atoms with van der Waals surface area (Å²) < 4.78 is 5.32. The van der Waals surface area contributed by atoms with Gasteiger partial charge >= 0.3 is 0 Å². The molecule has 1 aliphatic rings. The van der Waals surface area contributed by atoms with Crippen LogP contribution < -0.4 is 15.0 Å². The van der Waals surface area contributed by atoms with Crippen LogP contribution in [0, 0.1) is 6.92 Å². The maximum Gasteiger partial charge on any atom is 0.281 e. The van der Waals surface area contributed by atoms with E-state index in [1.165, 1.54) is 4.90 Å². The van der Waals surface area contributed by atoms with Crippen molar-refractivity contribution in [2.75, 3.05) is 12.0 Å². The van der Waals surface area contributed by atoms with Gasteiger partial charge in [0.05, 0.1) is 12.8 Å². The topological polar surface area (TPSA) is 41.6 Å². The Bertz CT molecular complexity index is 814. The second-order valence-corrected chi connectivity index (χ2v) is 5.60. The average Bonchev–Trinajstić information content (AvgIpc) is 2.81. The van der Waals surface area contributed by atoms with Crippen LogP contribution in [0.15, 0.2) is 54.2 Å². The molecule has 1 heterocycles. The first-order chi connectivity index (χ1) is 11.1. The van der Waals surface area contributed by atoms with Gasteiger partial charge in [0.15, 0.2) is 5.11 Å². The molecule has 0 aromatic heterocycles. The predicted octanol–water partition coefficient (Wildman–Crippen LogP) is 3.27. The van der Waals surface area contributed by atoms with Gasteiger partial charge in [-0.25, -0.2) is 4.90 Å². The predicted molar refractivity (Wildman–Crippen MR) is 95.4 cm³/mol. The van der Waals surface area contributed by atoms with E-state index in [1.807, 2.05) is 43.3 Å². The van der Waals surface area contributed by atoms with Crippen molar-refractivity contribution in [3.05, 3.63) is 65.4 Å². The number of aryl methyl sites for hydroxylation is 1. The van der Waals surface area contributed by atoms with Gasteiger partial charge in [0.25, 0.3) is 5.91 Å². The minimum absolute atomic E-state index is 0.194. The number of thiocarbonyl (C=S) groups is 1. The molecule has 1 N–H and O–H groups in total. The van der Waals surface area contributed by atoms with Crippen LogP contribution in [0.1, 0.15) is 11.1 Å². The highest BCUT2D eigenvalue weighted by Gasteiger charge is 2.33. The monoisotopic (exact) mass is 324 g/mol. The fourth-order valence-electron chi connectivity index (χ4n) is 2.49. The molecule has 5 heteroatoms. The Balaban J connectivity index is 1.97. The molecule has 1 fully saturated rings. The van der Waals surface area contributed by atoms with Gasteiger partial charge in [-0.2, -0.15) is 0 Å². The molecule has 23 heavy (non-hydrogen) atoms. The van der Waals surface area contributed by atoms with Gasteiger partial charge in [-0.3, -0.25) is 4.79 Å². The molecule has 0 spiro atoms. The average molecular weight is 324 g/mol. The van der Waals surface area contributed by atoms with Crippen LogP contribution in [-0.4, -0.2) is 18.1 Å². The quantitative estimate of drug-likeness (QED) is 0.695. The minimum atomic E-state index is -0.194. The van der Waals surface area contributed by atoms with E-state index in [1.54, 1.807) is 25.3 Å². The van der Waals surface area contributed by atoms with Gasteiger partial charge in [-0.1, -0.05) is 42.0 Å². The first-order valence-electron chi connectivity index (χ1n) is 7.17. The van der Waals surface area contributed by atoms with Crippen molar-refractivity contribution in [3.8, 4) is 5.75 Å². The number of amides is 1. The van der Waals surface area contributed by atoms with Crippen LogP contribution in [0.5, 0.6) is 5.75 Å². The van der Waals surface area contributed by atoms with Crippen molar-refractivity contribution >= 4 is 35.0 Å². The third-order valence-electron chi connectivity index (χ3n) is 3.56. The summed E-state index contributed by atoms with van der Waals surface area (Å²) in [5.41, 5.74) is 3.16. The number of benzene rings is 2. The molecule has 1 aliphatic heterocycles. The molecular weight excluding hydrogens is 308 g/mol. The number of hydrogen-bond donors (Lipinski definition) is 1. The Kier molecular flexibility index (Phi) is 4.12. The number of carbonyl (C=O) groups is 1. The molecule has 0 aliphatic carbocycles. The summed E-state index contributed by atoms with van der Waals surface area (Å²) >= 11 is 5.32. The summed E-state index contributed by atoms with van der Waals surface area (Å²) in [5, 5.41) is 3.33. The Labute approximate surface area is 140 Å². The summed E-state index contributed by atoms with van der Waals surface area (Å²) in [6.45, 7) is 2.01. The van der Waals surface area contributed by atoms with Crippen molar-refractivity contribution in [1.82, 2.24) is 5.32 Å². The van der Waals surface area contributed by atoms with Crippen molar-refractivity contribution in [2.24, 2.45) is 0 Å². The Morgan fingerprint density at radius 3 is 2.70 bits per heavy atom.